The van der Waals surface area contributed by atoms with Gasteiger partial charge in [-0.3, -0.25) is 4.79 Å². The Labute approximate surface area is 129 Å². The van der Waals surface area contributed by atoms with Gasteiger partial charge in [-0.15, -0.1) is 0 Å². The van der Waals surface area contributed by atoms with Crippen LogP contribution in [0.1, 0.15) is 31.1 Å². The van der Waals surface area contributed by atoms with Gasteiger partial charge in [-0.25, -0.2) is 0 Å². The molecule has 4 nitrogen and oxygen atoms in total. The van der Waals surface area contributed by atoms with Gasteiger partial charge in [-0.05, 0) is 51.2 Å². The first kappa shape index (κ1) is 17.5. The van der Waals surface area contributed by atoms with Gasteiger partial charge in [-0.2, -0.15) is 0 Å². The van der Waals surface area contributed by atoms with Crippen LogP contribution in [-0.4, -0.2) is 56.0 Å². The molecule has 0 unspecified atom stereocenters. The van der Waals surface area contributed by atoms with Crippen LogP contribution in [0.3, 0.4) is 0 Å². The molecule has 0 heterocycles. The summed E-state index contributed by atoms with van der Waals surface area (Å²) in [6.07, 6.45) is 0. The van der Waals surface area contributed by atoms with Crippen LogP contribution in [0, 0.1) is 5.92 Å². The highest BCUT2D eigenvalue weighted by molar-refractivity contribution is 5.94. The molecule has 21 heavy (non-hydrogen) atoms. The van der Waals surface area contributed by atoms with Crippen molar-refractivity contribution in [2.75, 3.05) is 45.6 Å². The van der Waals surface area contributed by atoms with Crippen LogP contribution in [0.2, 0.25) is 0 Å². The molecule has 1 aromatic rings. The number of hydrogen-bond acceptors (Lipinski definition) is 3. The van der Waals surface area contributed by atoms with Gasteiger partial charge in [0.05, 0.1) is 0 Å². The molecule has 0 aliphatic carbocycles. The van der Waals surface area contributed by atoms with E-state index in [0.29, 0.717) is 5.92 Å². The number of nitrogens with one attached hydrogen (secondary N) is 1. The van der Waals surface area contributed by atoms with E-state index in [4.69, 9.17) is 0 Å². The molecule has 0 saturated heterocycles. The van der Waals surface area contributed by atoms with Crippen molar-refractivity contribution < 1.29 is 4.79 Å². The summed E-state index contributed by atoms with van der Waals surface area (Å²) in [7, 11) is 4.06. The predicted octanol–water partition coefficient (Wildman–Crippen LogP) is 2.78. The Morgan fingerprint density at radius 1 is 1.14 bits per heavy atom. The number of rotatable bonds is 8. The third-order valence-electron chi connectivity index (χ3n) is 3.20. The van der Waals surface area contributed by atoms with Crippen molar-refractivity contribution in [3.8, 4) is 0 Å². The first-order valence-corrected chi connectivity index (χ1v) is 7.72. The average Bonchev–Trinajstić information content (AvgIpc) is 2.43. The Kier molecular flexibility index (Phi) is 7.23. The van der Waals surface area contributed by atoms with Gasteiger partial charge >= 0.3 is 0 Å². The fourth-order valence-electron chi connectivity index (χ4n) is 2.15. The summed E-state index contributed by atoms with van der Waals surface area (Å²) in [6, 6.07) is 7.75. The van der Waals surface area contributed by atoms with Gasteiger partial charge in [0.1, 0.15) is 0 Å². The number of benzene rings is 1. The van der Waals surface area contributed by atoms with Crippen LogP contribution in [0.15, 0.2) is 24.3 Å². The van der Waals surface area contributed by atoms with E-state index in [-0.39, 0.29) is 5.91 Å². The Bertz CT molecular complexity index is 426. The van der Waals surface area contributed by atoms with E-state index in [2.05, 4.69) is 31.0 Å². The topological polar surface area (TPSA) is 35.6 Å². The molecule has 0 bridgehead atoms. The van der Waals surface area contributed by atoms with Crippen molar-refractivity contribution in [1.29, 1.82) is 0 Å². The highest BCUT2D eigenvalue weighted by Gasteiger charge is 2.16. The maximum atomic E-state index is 12.6. The van der Waals surface area contributed by atoms with Gasteiger partial charge in [0.2, 0.25) is 0 Å². The molecule has 118 valence electrons. The van der Waals surface area contributed by atoms with Crippen LogP contribution >= 0.6 is 0 Å². The van der Waals surface area contributed by atoms with Crippen molar-refractivity contribution in [2.45, 2.75) is 20.8 Å². The molecule has 0 radical (unpaired) electrons. The van der Waals surface area contributed by atoms with E-state index in [1.807, 2.05) is 43.3 Å². The SMILES string of the molecule is CCNc1ccc(C(=O)N(CCN(C)C)CC(C)C)cc1. The lowest BCUT2D eigenvalue weighted by Crippen LogP contribution is -2.39. The van der Waals surface area contributed by atoms with E-state index in [0.717, 1.165) is 37.4 Å². The van der Waals surface area contributed by atoms with E-state index in [9.17, 15) is 4.79 Å². The Morgan fingerprint density at radius 2 is 1.76 bits per heavy atom. The lowest BCUT2D eigenvalue weighted by atomic mass is 10.1. The number of amides is 1. The van der Waals surface area contributed by atoms with E-state index < -0.39 is 0 Å². The van der Waals surface area contributed by atoms with Gasteiger partial charge < -0.3 is 15.1 Å². The molecule has 0 atom stereocenters. The first-order chi connectivity index (χ1) is 9.93. The highest BCUT2D eigenvalue weighted by Crippen LogP contribution is 2.12. The first-order valence-electron chi connectivity index (χ1n) is 7.72. The molecule has 1 aromatic carbocycles. The third-order valence-corrected chi connectivity index (χ3v) is 3.20. The molecule has 1 rings (SSSR count). The van der Waals surface area contributed by atoms with Gasteiger partial charge in [0, 0.05) is 37.4 Å². The summed E-state index contributed by atoms with van der Waals surface area (Å²) in [5.41, 5.74) is 1.81. The molecular formula is C17H29N3O. The molecule has 4 heteroatoms. The summed E-state index contributed by atoms with van der Waals surface area (Å²) in [5, 5.41) is 3.24. The van der Waals surface area contributed by atoms with Crippen LogP contribution in [-0.2, 0) is 0 Å². The maximum Gasteiger partial charge on any atom is 0.253 e. The number of nitrogens with zero attached hydrogens (tertiary/aromatic N) is 2. The zero-order chi connectivity index (χ0) is 15.8. The summed E-state index contributed by atoms with van der Waals surface area (Å²) in [6.45, 7) is 9.67. The van der Waals surface area contributed by atoms with Gasteiger partial charge in [-0.1, -0.05) is 13.8 Å². The van der Waals surface area contributed by atoms with E-state index >= 15 is 0 Å². The monoisotopic (exact) mass is 291 g/mol. The van der Waals surface area contributed by atoms with Crippen molar-refractivity contribution in [3.63, 3.8) is 0 Å². The second kappa shape index (κ2) is 8.67. The zero-order valence-corrected chi connectivity index (χ0v) is 14.0. The number of carbonyl (C=O) groups excluding carboxylic acids is 1. The van der Waals surface area contributed by atoms with Gasteiger partial charge in [0.15, 0.2) is 0 Å². The standard InChI is InChI=1S/C17H29N3O/c1-6-18-16-9-7-15(8-10-16)17(21)20(13-14(2)3)12-11-19(4)5/h7-10,14,18H,6,11-13H2,1-5H3. The quantitative estimate of drug-likeness (QED) is 0.800. The smallest absolute Gasteiger partial charge is 0.253 e. The normalized spacial score (nSPS) is 11.0. The van der Waals surface area contributed by atoms with E-state index in [1.165, 1.54) is 0 Å². The summed E-state index contributed by atoms with van der Waals surface area (Å²) in [5.74, 6) is 0.589. The van der Waals surface area contributed by atoms with E-state index in [1.54, 1.807) is 0 Å². The second-order valence-electron chi connectivity index (χ2n) is 6.06. The Balaban J connectivity index is 2.77. The van der Waals surface area contributed by atoms with Crippen molar-refractivity contribution in [1.82, 2.24) is 9.80 Å². The summed E-state index contributed by atoms with van der Waals surface area (Å²) >= 11 is 0. The molecule has 0 aliphatic heterocycles. The maximum absolute atomic E-state index is 12.6. The fourth-order valence-corrected chi connectivity index (χ4v) is 2.15. The molecule has 0 aliphatic rings. The lowest BCUT2D eigenvalue weighted by molar-refractivity contribution is 0.0724. The lowest BCUT2D eigenvalue weighted by Gasteiger charge is -2.26. The minimum atomic E-state index is 0.119. The molecule has 0 aromatic heterocycles. The molecule has 0 fully saturated rings. The number of likely N-dealkylation sites (N-methyl/N-ethyl adjacent to an activating group) is 1. The van der Waals surface area contributed by atoms with Gasteiger partial charge in [0.25, 0.3) is 5.91 Å². The van der Waals surface area contributed by atoms with Crippen molar-refractivity contribution in [2.24, 2.45) is 5.92 Å². The van der Waals surface area contributed by atoms with Crippen molar-refractivity contribution in [3.05, 3.63) is 29.8 Å². The summed E-state index contributed by atoms with van der Waals surface area (Å²) in [4.78, 5) is 16.7. The third kappa shape index (κ3) is 6.17. The Morgan fingerprint density at radius 3 is 2.24 bits per heavy atom. The van der Waals surface area contributed by atoms with Crippen molar-refractivity contribution >= 4 is 11.6 Å². The number of anilines is 1. The average molecular weight is 291 g/mol. The van der Waals surface area contributed by atoms with Crippen LogP contribution < -0.4 is 5.32 Å². The molecule has 1 amide bonds. The minimum absolute atomic E-state index is 0.119. The summed E-state index contributed by atoms with van der Waals surface area (Å²) < 4.78 is 0. The molecule has 0 saturated carbocycles. The fraction of sp³-hybridized carbons (Fsp3) is 0.588. The molecular weight excluding hydrogens is 262 g/mol. The highest BCUT2D eigenvalue weighted by atomic mass is 16.2. The predicted molar refractivity (Wildman–Crippen MR) is 89.9 cm³/mol. The number of carbonyl (C=O) groups is 1. The Hall–Kier alpha value is -1.55. The molecule has 0 spiro atoms. The van der Waals surface area contributed by atoms with Crippen LogP contribution in [0.25, 0.3) is 0 Å². The van der Waals surface area contributed by atoms with Crippen LogP contribution in [0.5, 0.6) is 0 Å². The van der Waals surface area contributed by atoms with Crippen LogP contribution in [0.4, 0.5) is 5.69 Å². The zero-order valence-electron chi connectivity index (χ0n) is 14.0. The second-order valence-corrected chi connectivity index (χ2v) is 6.06. The number of hydrogen-bond donors (Lipinski definition) is 1. The molecule has 1 N–H and O–H groups in total. The largest absolute Gasteiger partial charge is 0.385 e. The minimum Gasteiger partial charge on any atom is -0.385 e.